The quantitative estimate of drug-likeness (QED) is 0.419. The number of hydrogen-bond acceptors (Lipinski definition) is 4. The van der Waals surface area contributed by atoms with Crippen LogP contribution in [-0.4, -0.2) is 10.5 Å². The molecule has 0 radical (unpaired) electrons. The fourth-order valence-corrected chi connectivity index (χ4v) is 5.46. The maximum atomic E-state index is 12.9. The number of carbonyl (C=O) groups excluding carboxylic acids is 1. The number of nitrogens with zero attached hydrogens (tertiary/aromatic N) is 3. The predicted octanol–water partition coefficient (Wildman–Crippen LogP) is 5.51. The van der Waals surface area contributed by atoms with Gasteiger partial charge in [0.25, 0.3) is 5.91 Å². The summed E-state index contributed by atoms with van der Waals surface area (Å²) in [6.07, 6.45) is 5.62. The van der Waals surface area contributed by atoms with E-state index in [-0.39, 0.29) is 5.57 Å². The highest BCUT2D eigenvalue weighted by Crippen LogP contribution is 2.37. The molecule has 1 N–H and O–H groups in total. The largest absolute Gasteiger partial charge is 0.344 e. The van der Waals surface area contributed by atoms with Crippen molar-refractivity contribution in [3.05, 3.63) is 80.5 Å². The maximum absolute atomic E-state index is 12.9. The molecule has 6 heteroatoms. The second-order valence-electron chi connectivity index (χ2n) is 8.05. The van der Waals surface area contributed by atoms with Crippen molar-refractivity contribution >= 4 is 28.3 Å². The molecule has 4 rings (SSSR count). The van der Waals surface area contributed by atoms with Gasteiger partial charge in [-0.1, -0.05) is 30.3 Å². The van der Waals surface area contributed by atoms with Crippen LogP contribution in [0.15, 0.2) is 42.0 Å². The summed E-state index contributed by atoms with van der Waals surface area (Å²) in [5, 5.41) is 22.7. The number of nitrogens with one attached hydrogen (secondary N) is 1. The van der Waals surface area contributed by atoms with Crippen molar-refractivity contribution in [3.8, 4) is 12.1 Å². The van der Waals surface area contributed by atoms with Crippen LogP contribution >= 0.6 is 11.3 Å². The highest BCUT2D eigenvalue weighted by Gasteiger charge is 2.23. The third-order valence-corrected chi connectivity index (χ3v) is 7.18. The molecule has 1 aliphatic carbocycles. The van der Waals surface area contributed by atoms with Crippen LogP contribution in [0.5, 0.6) is 0 Å². The van der Waals surface area contributed by atoms with Crippen molar-refractivity contribution in [2.75, 3.05) is 5.32 Å². The van der Waals surface area contributed by atoms with E-state index >= 15 is 0 Å². The van der Waals surface area contributed by atoms with Crippen LogP contribution in [0.4, 0.5) is 5.00 Å². The first-order chi connectivity index (χ1) is 15.5. The van der Waals surface area contributed by atoms with Crippen molar-refractivity contribution in [3.63, 3.8) is 0 Å². The summed E-state index contributed by atoms with van der Waals surface area (Å²) < 4.78 is 2.18. The summed E-state index contributed by atoms with van der Waals surface area (Å²) in [7, 11) is 0. The minimum Gasteiger partial charge on any atom is -0.344 e. The Labute approximate surface area is 192 Å². The zero-order chi connectivity index (χ0) is 22.7. The molecule has 0 saturated carbocycles. The number of nitriles is 2. The van der Waals surface area contributed by atoms with Gasteiger partial charge in [0.2, 0.25) is 0 Å². The second-order valence-corrected chi connectivity index (χ2v) is 9.15. The number of anilines is 1. The molecule has 3 aromatic rings. The number of aryl methyl sites for hydroxylation is 2. The molecule has 2 aromatic heterocycles. The van der Waals surface area contributed by atoms with Crippen molar-refractivity contribution in [1.82, 2.24) is 4.57 Å². The van der Waals surface area contributed by atoms with E-state index in [2.05, 4.69) is 28.1 Å². The first-order valence-electron chi connectivity index (χ1n) is 10.7. The Morgan fingerprint density at radius 3 is 2.66 bits per heavy atom. The number of rotatable bonds is 5. The standard InChI is InChI=1S/C26H24N4OS/c1-17-12-20(18(2)30(17)16-19-8-4-3-5-9-19)13-21(14-27)25(31)29-26-23(15-28)22-10-6-7-11-24(22)32-26/h3-5,8-9,12-13H,6-7,10-11,16H2,1-2H3,(H,29,31)/b21-13+. The Kier molecular flexibility index (Phi) is 6.25. The van der Waals surface area contributed by atoms with Gasteiger partial charge in [-0.2, -0.15) is 10.5 Å². The molecule has 2 heterocycles. The summed E-state index contributed by atoms with van der Waals surface area (Å²) in [6, 6.07) is 16.5. The van der Waals surface area contributed by atoms with Gasteiger partial charge in [0.1, 0.15) is 22.7 Å². The topological polar surface area (TPSA) is 81.6 Å². The van der Waals surface area contributed by atoms with Gasteiger partial charge in [-0.05, 0) is 68.4 Å². The molecular weight excluding hydrogens is 416 g/mol. The van der Waals surface area contributed by atoms with Gasteiger partial charge in [-0.15, -0.1) is 11.3 Å². The lowest BCUT2D eigenvalue weighted by Gasteiger charge is -2.09. The number of thiophene rings is 1. The first kappa shape index (κ1) is 21.6. The lowest BCUT2D eigenvalue weighted by Crippen LogP contribution is -2.13. The van der Waals surface area contributed by atoms with E-state index in [0.717, 1.165) is 54.7 Å². The second kappa shape index (κ2) is 9.26. The zero-order valence-electron chi connectivity index (χ0n) is 18.2. The van der Waals surface area contributed by atoms with Gasteiger partial charge >= 0.3 is 0 Å². The first-order valence-corrected chi connectivity index (χ1v) is 11.5. The van der Waals surface area contributed by atoms with Gasteiger partial charge in [-0.25, -0.2) is 0 Å². The number of aromatic nitrogens is 1. The zero-order valence-corrected chi connectivity index (χ0v) is 19.1. The van der Waals surface area contributed by atoms with Gasteiger partial charge in [0.15, 0.2) is 0 Å². The fraction of sp³-hybridized carbons (Fsp3) is 0.269. The number of carbonyl (C=O) groups is 1. The van der Waals surface area contributed by atoms with E-state index in [4.69, 9.17) is 0 Å². The minimum atomic E-state index is -0.476. The van der Waals surface area contributed by atoms with E-state index < -0.39 is 5.91 Å². The number of fused-ring (bicyclic) bond motifs is 1. The summed E-state index contributed by atoms with van der Waals surface area (Å²) in [4.78, 5) is 14.1. The van der Waals surface area contributed by atoms with Crippen LogP contribution in [0.25, 0.3) is 6.08 Å². The average Bonchev–Trinajstić information content (AvgIpc) is 3.29. The molecule has 32 heavy (non-hydrogen) atoms. The van der Waals surface area contributed by atoms with Crippen LogP contribution in [0.3, 0.4) is 0 Å². The Balaban J connectivity index is 1.60. The van der Waals surface area contributed by atoms with Crippen LogP contribution in [0.2, 0.25) is 0 Å². The molecule has 1 aliphatic rings. The summed E-state index contributed by atoms with van der Waals surface area (Å²) in [6.45, 7) is 4.75. The van der Waals surface area contributed by atoms with Crippen LogP contribution < -0.4 is 5.32 Å². The van der Waals surface area contributed by atoms with Crippen LogP contribution in [-0.2, 0) is 24.2 Å². The van der Waals surface area contributed by atoms with Crippen molar-refractivity contribution in [1.29, 1.82) is 10.5 Å². The van der Waals surface area contributed by atoms with Gasteiger partial charge < -0.3 is 9.88 Å². The Bertz CT molecular complexity index is 1280. The lowest BCUT2D eigenvalue weighted by atomic mass is 9.96. The molecule has 0 fully saturated rings. The molecule has 5 nitrogen and oxygen atoms in total. The summed E-state index contributed by atoms with van der Waals surface area (Å²) in [5.74, 6) is -0.476. The van der Waals surface area contributed by atoms with Gasteiger partial charge in [0, 0.05) is 22.8 Å². The molecule has 0 atom stereocenters. The van der Waals surface area contributed by atoms with Crippen LogP contribution in [0.1, 0.15) is 51.4 Å². The SMILES string of the molecule is Cc1cc(/C=C(\C#N)C(=O)Nc2sc3c(c2C#N)CCCC3)c(C)n1Cc1ccccc1. The highest BCUT2D eigenvalue weighted by atomic mass is 32.1. The van der Waals surface area contributed by atoms with Crippen molar-refractivity contribution in [2.45, 2.75) is 46.1 Å². The highest BCUT2D eigenvalue weighted by molar-refractivity contribution is 7.16. The predicted molar refractivity (Wildman–Crippen MR) is 127 cm³/mol. The molecule has 0 bridgehead atoms. The maximum Gasteiger partial charge on any atom is 0.266 e. The monoisotopic (exact) mass is 440 g/mol. The van der Waals surface area contributed by atoms with Crippen molar-refractivity contribution < 1.29 is 4.79 Å². The molecule has 0 spiro atoms. The molecule has 160 valence electrons. The normalized spacial score (nSPS) is 13.2. The molecule has 1 amide bonds. The number of benzene rings is 1. The minimum absolute atomic E-state index is 0.0280. The molecule has 0 saturated heterocycles. The van der Waals surface area contributed by atoms with E-state index in [1.165, 1.54) is 21.8 Å². The van der Waals surface area contributed by atoms with Crippen molar-refractivity contribution in [2.24, 2.45) is 0 Å². The molecular formula is C26H24N4OS. The Morgan fingerprint density at radius 2 is 1.94 bits per heavy atom. The number of hydrogen-bond donors (Lipinski definition) is 1. The lowest BCUT2D eigenvalue weighted by molar-refractivity contribution is -0.112. The van der Waals surface area contributed by atoms with E-state index in [0.29, 0.717) is 10.6 Å². The third kappa shape index (κ3) is 4.23. The summed E-state index contributed by atoms with van der Waals surface area (Å²) in [5.41, 5.74) is 5.73. The third-order valence-electron chi connectivity index (χ3n) is 5.97. The summed E-state index contributed by atoms with van der Waals surface area (Å²) >= 11 is 1.46. The Morgan fingerprint density at radius 1 is 1.19 bits per heavy atom. The Hall–Kier alpha value is -3.61. The smallest absolute Gasteiger partial charge is 0.266 e. The average molecular weight is 441 g/mol. The van der Waals surface area contributed by atoms with Gasteiger partial charge in [0.05, 0.1) is 5.56 Å². The van der Waals surface area contributed by atoms with Crippen LogP contribution in [0, 0.1) is 36.5 Å². The molecule has 0 unspecified atom stereocenters. The van der Waals surface area contributed by atoms with E-state index in [1.54, 1.807) is 6.08 Å². The molecule has 0 aliphatic heterocycles. The number of amides is 1. The van der Waals surface area contributed by atoms with Gasteiger partial charge in [-0.3, -0.25) is 4.79 Å². The van der Waals surface area contributed by atoms with E-state index in [9.17, 15) is 15.3 Å². The molecule has 1 aromatic carbocycles. The fourth-order valence-electron chi connectivity index (χ4n) is 4.23. The van der Waals surface area contributed by atoms with E-state index in [1.807, 2.05) is 44.2 Å².